The fourth-order valence-electron chi connectivity index (χ4n) is 8.13. The summed E-state index contributed by atoms with van der Waals surface area (Å²) in [6, 6.07) is 69.9. The van der Waals surface area contributed by atoms with Crippen molar-refractivity contribution in [3.05, 3.63) is 200 Å². The van der Waals surface area contributed by atoms with Crippen molar-refractivity contribution in [2.75, 3.05) is 0 Å². The van der Waals surface area contributed by atoms with Crippen molar-refractivity contribution in [1.82, 2.24) is 15.0 Å². The summed E-state index contributed by atoms with van der Waals surface area (Å²) in [5.74, 6) is 1.92. The van der Waals surface area contributed by atoms with Crippen LogP contribution in [-0.4, -0.2) is 15.0 Å². The average Bonchev–Trinajstić information content (AvgIpc) is 3.68. The first-order valence-electron chi connectivity index (χ1n) is 19.2. The summed E-state index contributed by atoms with van der Waals surface area (Å²) in [5.41, 5.74) is 11.5. The van der Waals surface area contributed by atoms with Gasteiger partial charge in [0.1, 0.15) is 11.2 Å². The zero-order valence-corrected chi connectivity index (χ0v) is 30.8. The van der Waals surface area contributed by atoms with Crippen LogP contribution in [0.1, 0.15) is 0 Å². The number of benzene rings is 9. The molecule has 4 nitrogen and oxygen atoms in total. The van der Waals surface area contributed by atoms with Gasteiger partial charge in [-0.2, -0.15) is 0 Å². The maximum atomic E-state index is 6.86. The third-order valence-corrected chi connectivity index (χ3v) is 11.0. The van der Waals surface area contributed by atoms with E-state index < -0.39 is 0 Å². The maximum absolute atomic E-state index is 6.86. The Morgan fingerprint density at radius 2 is 0.684 bits per heavy atom. The second-order valence-electron chi connectivity index (χ2n) is 14.4. The lowest BCUT2D eigenvalue weighted by molar-refractivity contribution is 0.674. The van der Waals surface area contributed by atoms with Crippen LogP contribution in [0, 0.1) is 0 Å². The number of aromatic nitrogens is 3. The van der Waals surface area contributed by atoms with Crippen LogP contribution in [0.4, 0.5) is 0 Å². The van der Waals surface area contributed by atoms with E-state index in [4.69, 9.17) is 19.4 Å². The lowest BCUT2D eigenvalue weighted by Gasteiger charge is -2.10. The molecule has 0 radical (unpaired) electrons. The molecule has 4 heteroatoms. The van der Waals surface area contributed by atoms with E-state index in [2.05, 4.69) is 140 Å². The Morgan fingerprint density at radius 3 is 1.33 bits per heavy atom. The lowest BCUT2D eigenvalue weighted by atomic mass is 9.94. The first kappa shape index (κ1) is 32.7. The predicted molar refractivity (Wildman–Crippen MR) is 235 cm³/mol. The molecular weight excluding hydrogens is 695 g/mol. The number of fused-ring (bicyclic) bond motifs is 6. The summed E-state index contributed by atoms with van der Waals surface area (Å²) in [6.07, 6.45) is 0. The van der Waals surface area contributed by atoms with Gasteiger partial charge in [0.25, 0.3) is 0 Å². The molecule has 0 saturated carbocycles. The van der Waals surface area contributed by atoms with Crippen LogP contribution < -0.4 is 0 Å². The van der Waals surface area contributed by atoms with Crippen LogP contribution in [0.3, 0.4) is 0 Å². The number of para-hydroxylation sites is 1. The molecule has 0 amide bonds. The van der Waals surface area contributed by atoms with Crippen molar-refractivity contribution in [1.29, 1.82) is 0 Å². The van der Waals surface area contributed by atoms with Crippen LogP contribution in [0.25, 0.3) is 111 Å². The maximum Gasteiger partial charge on any atom is 0.164 e. The normalized spacial score (nSPS) is 11.5. The van der Waals surface area contributed by atoms with E-state index in [0.717, 1.165) is 71.7 Å². The van der Waals surface area contributed by atoms with Gasteiger partial charge in [-0.05, 0) is 50.0 Å². The molecule has 0 spiro atoms. The summed E-state index contributed by atoms with van der Waals surface area (Å²) in [5, 5.41) is 6.90. The highest BCUT2D eigenvalue weighted by Crippen LogP contribution is 2.43. The van der Waals surface area contributed by atoms with Crippen molar-refractivity contribution < 1.29 is 4.42 Å². The molecule has 0 aliphatic carbocycles. The lowest BCUT2D eigenvalue weighted by Crippen LogP contribution is -2.00. The molecule has 0 N–H and O–H groups in total. The van der Waals surface area contributed by atoms with Gasteiger partial charge in [0.15, 0.2) is 17.5 Å². The quantitative estimate of drug-likeness (QED) is 0.171. The summed E-state index contributed by atoms with van der Waals surface area (Å²) in [4.78, 5) is 14.8. The average molecular weight is 728 g/mol. The Balaban J connectivity index is 0.999. The largest absolute Gasteiger partial charge is 0.455 e. The zero-order chi connectivity index (χ0) is 37.7. The van der Waals surface area contributed by atoms with Gasteiger partial charge in [0.2, 0.25) is 0 Å². The Hall–Kier alpha value is -7.69. The molecule has 11 rings (SSSR count). The van der Waals surface area contributed by atoms with Gasteiger partial charge in [-0.3, -0.25) is 0 Å². The van der Waals surface area contributed by atoms with E-state index in [-0.39, 0.29) is 0 Å². The SMILES string of the molecule is c1ccc(-c2nc(-c3ccccc3)nc(-c3ccc(-c4cc5c6cccc(-c7ccc(-c8cccc9ccccc89)cc7)c6oc5c5ccccc45)cc3)n2)cc1. The summed E-state index contributed by atoms with van der Waals surface area (Å²) >= 11 is 0. The zero-order valence-electron chi connectivity index (χ0n) is 30.8. The van der Waals surface area contributed by atoms with E-state index in [1.54, 1.807) is 0 Å². The number of nitrogens with zero attached hydrogens (tertiary/aromatic N) is 3. The minimum Gasteiger partial charge on any atom is -0.455 e. The topological polar surface area (TPSA) is 51.8 Å². The van der Waals surface area contributed by atoms with E-state index in [1.807, 2.05) is 60.7 Å². The highest BCUT2D eigenvalue weighted by atomic mass is 16.3. The molecular formula is C53H33N3O. The van der Waals surface area contributed by atoms with Gasteiger partial charge in [0.05, 0.1) is 0 Å². The highest BCUT2D eigenvalue weighted by molar-refractivity contribution is 6.20. The van der Waals surface area contributed by atoms with Gasteiger partial charge in [0, 0.05) is 38.4 Å². The Morgan fingerprint density at radius 1 is 0.263 bits per heavy atom. The Labute approximate surface area is 329 Å². The molecule has 0 aliphatic rings. The molecule has 0 aliphatic heterocycles. The summed E-state index contributed by atoms with van der Waals surface area (Å²) < 4.78 is 6.86. The van der Waals surface area contributed by atoms with Crippen molar-refractivity contribution in [2.24, 2.45) is 0 Å². The predicted octanol–water partition coefficient (Wildman–Crippen LogP) is 14.1. The molecule has 0 atom stereocenters. The van der Waals surface area contributed by atoms with Crippen LogP contribution in [0.2, 0.25) is 0 Å². The van der Waals surface area contributed by atoms with Gasteiger partial charge in [-0.1, -0.05) is 194 Å². The summed E-state index contributed by atoms with van der Waals surface area (Å²) in [6.45, 7) is 0. The van der Waals surface area contributed by atoms with Crippen LogP contribution in [0.5, 0.6) is 0 Å². The van der Waals surface area contributed by atoms with Gasteiger partial charge >= 0.3 is 0 Å². The molecule has 0 fully saturated rings. The number of rotatable bonds is 6. The first-order chi connectivity index (χ1) is 28.2. The Bertz CT molecular complexity index is 3200. The summed E-state index contributed by atoms with van der Waals surface area (Å²) in [7, 11) is 0. The van der Waals surface area contributed by atoms with E-state index in [9.17, 15) is 0 Å². The molecule has 0 saturated heterocycles. The minimum absolute atomic E-state index is 0.632. The van der Waals surface area contributed by atoms with Gasteiger partial charge in [-0.25, -0.2) is 15.0 Å². The Kier molecular flexibility index (Phi) is 7.78. The van der Waals surface area contributed by atoms with Crippen LogP contribution in [-0.2, 0) is 0 Å². The first-order valence-corrected chi connectivity index (χ1v) is 19.2. The van der Waals surface area contributed by atoms with Crippen molar-refractivity contribution in [2.45, 2.75) is 0 Å². The fourth-order valence-corrected chi connectivity index (χ4v) is 8.13. The van der Waals surface area contributed by atoms with E-state index >= 15 is 0 Å². The second kappa shape index (κ2) is 13.6. The molecule has 0 unspecified atom stereocenters. The fraction of sp³-hybridized carbons (Fsp3) is 0. The third kappa shape index (κ3) is 5.74. The standard InChI is InChI=1S/C53H33N3O/c1-3-14-38(15-4-1)51-54-52(39-16-5-2-6-17-39)56-53(55-51)40-31-29-37(30-32-40)47-33-48-46-24-12-23-43(49(46)57-50(48)45-21-10-9-20-44(45)47)36-27-25-35(26-28-36)42-22-11-18-34-13-7-8-19-41(34)42/h1-33H. The van der Waals surface area contributed by atoms with Crippen molar-refractivity contribution >= 4 is 43.5 Å². The van der Waals surface area contributed by atoms with Crippen LogP contribution in [0.15, 0.2) is 205 Å². The molecule has 9 aromatic carbocycles. The van der Waals surface area contributed by atoms with Crippen molar-refractivity contribution in [3.63, 3.8) is 0 Å². The number of hydrogen-bond acceptors (Lipinski definition) is 4. The molecule has 0 bridgehead atoms. The van der Waals surface area contributed by atoms with Gasteiger partial charge < -0.3 is 4.42 Å². The number of furan rings is 1. The highest BCUT2D eigenvalue weighted by Gasteiger charge is 2.18. The monoisotopic (exact) mass is 727 g/mol. The minimum atomic E-state index is 0.632. The number of hydrogen-bond donors (Lipinski definition) is 0. The second-order valence-corrected chi connectivity index (χ2v) is 14.4. The third-order valence-electron chi connectivity index (χ3n) is 11.0. The molecule has 266 valence electrons. The smallest absolute Gasteiger partial charge is 0.164 e. The van der Waals surface area contributed by atoms with E-state index in [0.29, 0.717) is 17.5 Å². The van der Waals surface area contributed by atoms with E-state index in [1.165, 1.54) is 21.9 Å². The van der Waals surface area contributed by atoms with Crippen molar-refractivity contribution in [3.8, 4) is 67.5 Å². The molecule has 57 heavy (non-hydrogen) atoms. The van der Waals surface area contributed by atoms with Crippen LogP contribution >= 0.6 is 0 Å². The molecule has 11 aromatic rings. The van der Waals surface area contributed by atoms with Gasteiger partial charge in [-0.15, -0.1) is 0 Å². The molecule has 2 heterocycles. The molecule has 2 aromatic heterocycles.